The van der Waals surface area contributed by atoms with Gasteiger partial charge in [0.1, 0.15) is 12.1 Å². The zero-order valence-electron chi connectivity index (χ0n) is 11.3. The lowest BCUT2D eigenvalue weighted by atomic mass is 10.1. The fourth-order valence-corrected chi connectivity index (χ4v) is 1.45. The molecule has 106 valence electrons. The molecule has 0 spiro atoms. The van der Waals surface area contributed by atoms with E-state index in [1.165, 1.54) is 21.1 Å². The van der Waals surface area contributed by atoms with Crippen LogP contribution in [0.4, 0.5) is 0 Å². The Bertz CT molecular complexity index is 445. The minimum atomic E-state index is -1.24. The molecule has 0 saturated carbocycles. The average molecular weight is 269 g/mol. The number of esters is 1. The largest absolute Gasteiger partial charge is 0.493 e. The van der Waals surface area contributed by atoms with Crippen LogP contribution in [0.15, 0.2) is 18.2 Å². The van der Waals surface area contributed by atoms with Crippen LogP contribution >= 0.6 is 0 Å². The van der Waals surface area contributed by atoms with Crippen molar-refractivity contribution in [3.63, 3.8) is 0 Å². The first-order chi connectivity index (χ1) is 8.94. The lowest BCUT2D eigenvalue weighted by Crippen LogP contribution is -2.50. The lowest BCUT2D eigenvalue weighted by Gasteiger charge is -2.22. The number of hydrogen-bond acceptors (Lipinski definition) is 6. The van der Waals surface area contributed by atoms with Gasteiger partial charge >= 0.3 is 5.97 Å². The van der Waals surface area contributed by atoms with Crippen molar-refractivity contribution in [2.24, 2.45) is 5.73 Å². The van der Waals surface area contributed by atoms with E-state index in [0.717, 1.165) is 0 Å². The Kier molecular flexibility index (Phi) is 5.14. The third-order valence-electron chi connectivity index (χ3n) is 2.59. The van der Waals surface area contributed by atoms with E-state index in [9.17, 15) is 4.79 Å². The van der Waals surface area contributed by atoms with Crippen LogP contribution < -0.4 is 15.2 Å². The van der Waals surface area contributed by atoms with Crippen molar-refractivity contribution in [3.8, 4) is 11.5 Å². The molecule has 0 fully saturated rings. The van der Waals surface area contributed by atoms with Crippen LogP contribution in [0, 0.1) is 0 Å². The van der Waals surface area contributed by atoms with Gasteiger partial charge in [-0.25, -0.2) is 4.79 Å². The van der Waals surface area contributed by atoms with Gasteiger partial charge in [0.25, 0.3) is 0 Å². The maximum absolute atomic E-state index is 11.4. The van der Waals surface area contributed by atoms with Gasteiger partial charge in [-0.2, -0.15) is 0 Å². The van der Waals surface area contributed by atoms with Gasteiger partial charge in [0.05, 0.1) is 20.8 Å². The van der Waals surface area contributed by atoms with E-state index in [1.54, 1.807) is 18.2 Å². The summed E-state index contributed by atoms with van der Waals surface area (Å²) in [5, 5.41) is 9.03. The van der Waals surface area contributed by atoms with Gasteiger partial charge in [-0.05, 0) is 24.6 Å². The average Bonchev–Trinajstić information content (AvgIpc) is 2.43. The lowest BCUT2D eigenvalue weighted by molar-refractivity contribution is -0.147. The monoisotopic (exact) mass is 269 g/mol. The highest BCUT2D eigenvalue weighted by molar-refractivity contribution is 5.80. The number of ether oxygens (including phenoxy) is 3. The standard InChI is InChI=1S/C13H19NO5/c1-13(14,12(16)18-3)8-19-10-5-4-9(7-15)6-11(10)17-2/h4-6,15H,7-8,14H2,1-3H3. The fourth-order valence-electron chi connectivity index (χ4n) is 1.45. The van der Waals surface area contributed by atoms with Gasteiger partial charge in [0, 0.05) is 0 Å². The molecule has 1 aromatic rings. The molecule has 1 atom stereocenters. The third kappa shape index (κ3) is 3.84. The Hall–Kier alpha value is -1.79. The molecule has 1 rings (SSSR count). The second-order valence-corrected chi connectivity index (χ2v) is 4.34. The van der Waals surface area contributed by atoms with Crippen LogP contribution in [-0.4, -0.2) is 37.4 Å². The second-order valence-electron chi connectivity index (χ2n) is 4.34. The number of benzene rings is 1. The smallest absolute Gasteiger partial charge is 0.329 e. The number of hydrogen-bond donors (Lipinski definition) is 2. The molecule has 19 heavy (non-hydrogen) atoms. The van der Waals surface area contributed by atoms with Crippen LogP contribution in [-0.2, 0) is 16.1 Å². The number of rotatable bonds is 6. The molecular formula is C13H19NO5. The van der Waals surface area contributed by atoms with Gasteiger partial charge in [-0.3, -0.25) is 0 Å². The molecule has 0 heterocycles. The summed E-state index contributed by atoms with van der Waals surface area (Å²) in [6, 6.07) is 5.00. The van der Waals surface area contributed by atoms with Crippen molar-refractivity contribution in [1.29, 1.82) is 0 Å². The first kappa shape index (κ1) is 15.3. The number of nitrogens with two attached hydrogens (primary N) is 1. The molecule has 0 amide bonds. The third-order valence-corrected chi connectivity index (χ3v) is 2.59. The molecule has 0 aliphatic carbocycles. The van der Waals surface area contributed by atoms with E-state index in [0.29, 0.717) is 17.1 Å². The zero-order valence-corrected chi connectivity index (χ0v) is 11.3. The van der Waals surface area contributed by atoms with Crippen molar-refractivity contribution in [2.45, 2.75) is 19.1 Å². The molecular weight excluding hydrogens is 250 g/mol. The molecule has 6 nitrogen and oxygen atoms in total. The number of aliphatic hydroxyl groups excluding tert-OH is 1. The Labute approximate surface area is 112 Å². The molecule has 0 aliphatic heterocycles. The van der Waals surface area contributed by atoms with Crippen molar-refractivity contribution >= 4 is 5.97 Å². The summed E-state index contributed by atoms with van der Waals surface area (Å²) in [5.41, 5.74) is 5.25. The molecule has 0 radical (unpaired) electrons. The predicted octanol–water partition coefficient (Wildman–Crippen LogP) is 0.457. The maximum Gasteiger partial charge on any atom is 0.329 e. The predicted molar refractivity (Wildman–Crippen MR) is 69.0 cm³/mol. The number of carbonyl (C=O) groups excluding carboxylic acids is 1. The maximum atomic E-state index is 11.4. The summed E-state index contributed by atoms with van der Waals surface area (Å²) in [6.07, 6.45) is 0. The Morgan fingerprint density at radius 1 is 1.37 bits per heavy atom. The van der Waals surface area contributed by atoms with Crippen molar-refractivity contribution < 1.29 is 24.1 Å². The van der Waals surface area contributed by atoms with Crippen LogP contribution in [0.3, 0.4) is 0 Å². The number of methoxy groups -OCH3 is 2. The minimum Gasteiger partial charge on any atom is -0.493 e. The van der Waals surface area contributed by atoms with E-state index in [-0.39, 0.29) is 13.2 Å². The quantitative estimate of drug-likeness (QED) is 0.729. The highest BCUT2D eigenvalue weighted by Gasteiger charge is 2.30. The number of carbonyl (C=O) groups is 1. The van der Waals surface area contributed by atoms with Crippen LogP contribution in [0.1, 0.15) is 12.5 Å². The summed E-state index contributed by atoms with van der Waals surface area (Å²) in [7, 11) is 2.76. The molecule has 0 aliphatic rings. The summed E-state index contributed by atoms with van der Waals surface area (Å²) in [6.45, 7) is 1.38. The highest BCUT2D eigenvalue weighted by atomic mass is 16.5. The Morgan fingerprint density at radius 3 is 2.58 bits per heavy atom. The summed E-state index contributed by atoms with van der Waals surface area (Å²) in [5.74, 6) is 0.353. The topological polar surface area (TPSA) is 91.0 Å². The summed E-state index contributed by atoms with van der Waals surface area (Å²) in [4.78, 5) is 11.4. The van der Waals surface area contributed by atoms with E-state index in [2.05, 4.69) is 4.74 Å². The fraction of sp³-hybridized carbons (Fsp3) is 0.462. The molecule has 1 aromatic carbocycles. The Morgan fingerprint density at radius 2 is 2.05 bits per heavy atom. The van der Waals surface area contributed by atoms with Crippen LogP contribution in [0.2, 0.25) is 0 Å². The van der Waals surface area contributed by atoms with Gasteiger partial charge < -0.3 is 25.1 Å². The molecule has 0 saturated heterocycles. The van der Waals surface area contributed by atoms with Crippen LogP contribution in [0.25, 0.3) is 0 Å². The van der Waals surface area contributed by atoms with Gasteiger partial charge in [-0.15, -0.1) is 0 Å². The van der Waals surface area contributed by atoms with E-state index in [1.807, 2.05) is 0 Å². The van der Waals surface area contributed by atoms with E-state index >= 15 is 0 Å². The van der Waals surface area contributed by atoms with E-state index < -0.39 is 11.5 Å². The minimum absolute atomic E-state index is 0.0471. The van der Waals surface area contributed by atoms with Gasteiger partial charge in [0.15, 0.2) is 11.5 Å². The molecule has 3 N–H and O–H groups in total. The normalized spacial score (nSPS) is 13.5. The van der Waals surface area contributed by atoms with Gasteiger partial charge in [-0.1, -0.05) is 6.07 Å². The number of aliphatic hydroxyl groups is 1. The summed E-state index contributed by atoms with van der Waals surface area (Å²) >= 11 is 0. The SMILES string of the molecule is COC(=O)C(C)(N)COc1ccc(CO)cc1OC. The zero-order chi connectivity index (χ0) is 14.5. The van der Waals surface area contributed by atoms with E-state index in [4.69, 9.17) is 20.3 Å². The van der Waals surface area contributed by atoms with Crippen molar-refractivity contribution in [3.05, 3.63) is 23.8 Å². The van der Waals surface area contributed by atoms with Crippen LogP contribution in [0.5, 0.6) is 11.5 Å². The van der Waals surface area contributed by atoms with Crippen molar-refractivity contribution in [2.75, 3.05) is 20.8 Å². The first-order valence-electron chi connectivity index (χ1n) is 5.72. The highest BCUT2D eigenvalue weighted by Crippen LogP contribution is 2.28. The second kappa shape index (κ2) is 6.40. The first-order valence-corrected chi connectivity index (χ1v) is 5.72. The molecule has 0 aromatic heterocycles. The molecule has 6 heteroatoms. The Balaban J connectivity index is 2.80. The van der Waals surface area contributed by atoms with Crippen molar-refractivity contribution in [1.82, 2.24) is 0 Å². The molecule has 1 unspecified atom stereocenters. The summed E-state index contributed by atoms with van der Waals surface area (Å²) < 4.78 is 15.2. The van der Waals surface area contributed by atoms with Gasteiger partial charge in [0.2, 0.25) is 0 Å². The molecule has 0 bridgehead atoms.